The SMILES string of the molecule is O=C(O)C/C(=C\c1cc(Cl)c2c(c1)OCCCO2)c1nc2ccccc2o1. The van der Waals surface area contributed by atoms with Gasteiger partial charge in [0.05, 0.1) is 24.7 Å². The molecule has 138 valence electrons. The average Bonchev–Trinajstić information content (AvgIpc) is 2.92. The summed E-state index contributed by atoms with van der Waals surface area (Å²) >= 11 is 6.33. The van der Waals surface area contributed by atoms with E-state index in [1.54, 1.807) is 24.3 Å². The number of nitrogens with zero attached hydrogens (tertiary/aromatic N) is 1. The number of carbonyl (C=O) groups is 1. The molecule has 1 aromatic heterocycles. The molecule has 0 radical (unpaired) electrons. The van der Waals surface area contributed by atoms with E-state index in [9.17, 15) is 9.90 Å². The van der Waals surface area contributed by atoms with Gasteiger partial charge in [-0.1, -0.05) is 23.7 Å². The smallest absolute Gasteiger partial charge is 0.308 e. The largest absolute Gasteiger partial charge is 0.489 e. The Kier molecular flexibility index (Phi) is 4.73. The molecule has 0 atom stereocenters. The van der Waals surface area contributed by atoms with Crippen molar-refractivity contribution in [3.8, 4) is 11.5 Å². The number of halogens is 1. The van der Waals surface area contributed by atoms with Gasteiger partial charge in [-0.25, -0.2) is 4.98 Å². The van der Waals surface area contributed by atoms with E-state index in [1.165, 1.54) is 0 Å². The number of fused-ring (bicyclic) bond motifs is 2. The summed E-state index contributed by atoms with van der Waals surface area (Å²) in [4.78, 5) is 15.8. The second kappa shape index (κ2) is 7.32. The Labute approximate surface area is 160 Å². The molecular formula is C20H16ClNO5. The van der Waals surface area contributed by atoms with Crippen LogP contribution in [0.4, 0.5) is 0 Å². The minimum atomic E-state index is -0.982. The van der Waals surface area contributed by atoms with Gasteiger partial charge in [0.2, 0.25) is 5.89 Å². The topological polar surface area (TPSA) is 81.8 Å². The number of rotatable bonds is 4. The molecule has 6 nitrogen and oxygen atoms in total. The number of aromatic nitrogens is 1. The van der Waals surface area contributed by atoms with E-state index in [0.717, 1.165) is 6.42 Å². The minimum absolute atomic E-state index is 0.237. The first kappa shape index (κ1) is 17.4. The normalized spacial score (nSPS) is 14.2. The maximum Gasteiger partial charge on any atom is 0.308 e. The van der Waals surface area contributed by atoms with Crippen molar-refractivity contribution in [1.29, 1.82) is 0 Å². The van der Waals surface area contributed by atoms with Gasteiger partial charge in [0, 0.05) is 12.0 Å². The van der Waals surface area contributed by atoms with Crippen LogP contribution in [0.2, 0.25) is 5.02 Å². The quantitative estimate of drug-likeness (QED) is 0.703. The summed E-state index contributed by atoms with van der Waals surface area (Å²) in [5.74, 6) is 0.331. The molecule has 1 N–H and O–H groups in total. The lowest BCUT2D eigenvalue weighted by atomic mass is 10.1. The standard InChI is InChI=1S/C20H16ClNO5/c21-14-9-12(10-17-19(14)26-7-3-6-25-17)8-13(11-18(23)24)20-22-15-4-1-2-5-16(15)27-20/h1-2,4-5,8-10H,3,6-7,11H2,(H,23,24)/b13-8+. The summed E-state index contributed by atoms with van der Waals surface area (Å²) in [7, 11) is 0. The third kappa shape index (κ3) is 3.75. The Morgan fingerprint density at radius 3 is 2.85 bits per heavy atom. The van der Waals surface area contributed by atoms with Crippen molar-refractivity contribution in [2.75, 3.05) is 13.2 Å². The molecule has 0 fully saturated rings. The first-order valence-electron chi connectivity index (χ1n) is 8.47. The molecule has 4 rings (SSSR count). The van der Waals surface area contributed by atoms with E-state index in [1.807, 2.05) is 18.2 Å². The molecule has 0 bridgehead atoms. The number of para-hydroxylation sites is 2. The number of benzene rings is 2. The Hall–Kier alpha value is -2.99. The van der Waals surface area contributed by atoms with Crippen molar-refractivity contribution >= 4 is 40.3 Å². The van der Waals surface area contributed by atoms with Crippen molar-refractivity contribution < 1.29 is 23.8 Å². The molecule has 0 spiro atoms. The second-order valence-corrected chi connectivity index (χ2v) is 6.51. The molecule has 27 heavy (non-hydrogen) atoms. The second-order valence-electron chi connectivity index (χ2n) is 6.11. The molecule has 3 aromatic rings. The van der Waals surface area contributed by atoms with Crippen LogP contribution < -0.4 is 9.47 Å². The summed E-state index contributed by atoms with van der Waals surface area (Å²) in [6, 6.07) is 10.8. The Balaban J connectivity index is 1.78. The van der Waals surface area contributed by atoms with Crippen LogP contribution in [0, 0.1) is 0 Å². The van der Waals surface area contributed by atoms with E-state index < -0.39 is 5.97 Å². The van der Waals surface area contributed by atoms with Crippen LogP contribution in [0.15, 0.2) is 40.8 Å². The Morgan fingerprint density at radius 1 is 1.22 bits per heavy atom. The number of ether oxygens (including phenoxy) is 2. The number of carboxylic acids is 1. The van der Waals surface area contributed by atoms with Crippen LogP contribution in [0.5, 0.6) is 11.5 Å². The number of hydrogen-bond acceptors (Lipinski definition) is 5. The fourth-order valence-electron chi connectivity index (χ4n) is 2.90. The highest BCUT2D eigenvalue weighted by Crippen LogP contribution is 2.39. The summed E-state index contributed by atoms with van der Waals surface area (Å²) in [6.45, 7) is 1.07. The highest BCUT2D eigenvalue weighted by molar-refractivity contribution is 6.32. The van der Waals surface area contributed by atoms with Crippen molar-refractivity contribution in [1.82, 2.24) is 4.98 Å². The summed E-state index contributed by atoms with van der Waals surface area (Å²) in [5.41, 5.74) is 2.38. The molecule has 0 amide bonds. The lowest BCUT2D eigenvalue weighted by Crippen LogP contribution is -1.98. The van der Waals surface area contributed by atoms with Crippen molar-refractivity contribution in [2.24, 2.45) is 0 Å². The number of carboxylic acid groups (broad SMARTS) is 1. The molecule has 0 saturated heterocycles. The van der Waals surface area contributed by atoms with Crippen LogP contribution >= 0.6 is 11.6 Å². The van der Waals surface area contributed by atoms with Gasteiger partial charge < -0.3 is 19.0 Å². The van der Waals surface area contributed by atoms with Gasteiger partial charge in [-0.05, 0) is 35.9 Å². The van der Waals surface area contributed by atoms with Crippen LogP contribution in [-0.2, 0) is 4.79 Å². The van der Waals surface area contributed by atoms with E-state index in [2.05, 4.69) is 4.98 Å². The zero-order valence-electron chi connectivity index (χ0n) is 14.3. The molecule has 0 saturated carbocycles. The predicted octanol–water partition coefficient (Wildman–Crippen LogP) is 4.66. The Morgan fingerprint density at radius 2 is 2.04 bits per heavy atom. The van der Waals surface area contributed by atoms with E-state index in [-0.39, 0.29) is 12.3 Å². The van der Waals surface area contributed by atoms with Crippen LogP contribution in [0.1, 0.15) is 24.3 Å². The van der Waals surface area contributed by atoms with Gasteiger partial charge in [-0.15, -0.1) is 0 Å². The minimum Gasteiger partial charge on any atom is -0.489 e. The van der Waals surface area contributed by atoms with Crippen molar-refractivity contribution in [3.63, 3.8) is 0 Å². The molecule has 0 unspecified atom stereocenters. The highest BCUT2D eigenvalue weighted by Gasteiger charge is 2.18. The summed E-state index contributed by atoms with van der Waals surface area (Å²) < 4.78 is 17.1. The number of aliphatic carboxylic acids is 1. The Bertz CT molecular complexity index is 1010. The van der Waals surface area contributed by atoms with Gasteiger partial charge in [0.25, 0.3) is 0 Å². The van der Waals surface area contributed by atoms with Crippen LogP contribution in [0.3, 0.4) is 0 Å². The maximum atomic E-state index is 11.4. The zero-order chi connectivity index (χ0) is 18.8. The van der Waals surface area contributed by atoms with Gasteiger partial charge in [0.15, 0.2) is 17.1 Å². The average molecular weight is 386 g/mol. The summed E-state index contributed by atoms with van der Waals surface area (Å²) in [5, 5.41) is 9.71. The molecule has 2 aromatic carbocycles. The van der Waals surface area contributed by atoms with Gasteiger partial charge in [-0.2, -0.15) is 0 Å². The van der Waals surface area contributed by atoms with Crippen LogP contribution in [-0.4, -0.2) is 29.3 Å². The van der Waals surface area contributed by atoms with Gasteiger partial charge >= 0.3 is 5.97 Å². The molecule has 0 aliphatic carbocycles. The fraction of sp³-hybridized carbons (Fsp3) is 0.200. The molecule has 2 heterocycles. The summed E-state index contributed by atoms with van der Waals surface area (Å²) in [6.07, 6.45) is 2.22. The third-order valence-corrected chi connectivity index (χ3v) is 4.36. The first-order valence-corrected chi connectivity index (χ1v) is 8.85. The van der Waals surface area contributed by atoms with Gasteiger partial charge in [-0.3, -0.25) is 4.79 Å². The number of hydrogen-bond donors (Lipinski definition) is 1. The van der Waals surface area contributed by atoms with Gasteiger partial charge in [0.1, 0.15) is 5.52 Å². The lowest BCUT2D eigenvalue weighted by molar-refractivity contribution is -0.135. The number of oxazole rings is 1. The predicted molar refractivity (Wildman–Crippen MR) is 101 cm³/mol. The molecular weight excluding hydrogens is 370 g/mol. The fourth-order valence-corrected chi connectivity index (χ4v) is 3.17. The van der Waals surface area contributed by atoms with Crippen molar-refractivity contribution in [2.45, 2.75) is 12.8 Å². The third-order valence-electron chi connectivity index (χ3n) is 4.08. The zero-order valence-corrected chi connectivity index (χ0v) is 15.0. The molecule has 7 heteroatoms. The monoisotopic (exact) mass is 385 g/mol. The molecule has 1 aliphatic rings. The van der Waals surface area contributed by atoms with E-state index >= 15 is 0 Å². The van der Waals surface area contributed by atoms with Crippen molar-refractivity contribution in [3.05, 3.63) is 52.9 Å². The van der Waals surface area contributed by atoms with E-state index in [0.29, 0.717) is 52.0 Å². The highest BCUT2D eigenvalue weighted by atomic mass is 35.5. The first-order chi connectivity index (χ1) is 13.1. The maximum absolute atomic E-state index is 11.4. The molecule has 1 aliphatic heterocycles. The van der Waals surface area contributed by atoms with E-state index in [4.69, 9.17) is 25.5 Å². The lowest BCUT2D eigenvalue weighted by Gasteiger charge is -2.10. The van der Waals surface area contributed by atoms with Crippen LogP contribution in [0.25, 0.3) is 22.7 Å².